The Labute approximate surface area is 234 Å². The van der Waals surface area contributed by atoms with E-state index in [1.165, 1.54) is 60.8 Å². The van der Waals surface area contributed by atoms with Crippen molar-refractivity contribution in [2.24, 2.45) is 17.3 Å². The summed E-state index contributed by atoms with van der Waals surface area (Å²) in [6.07, 6.45) is 15.6. The molecular formula is C35H43N3O. The number of allylic oxidation sites excluding steroid dienone is 4. The first-order valence-corrected chi connectivity index (χ1v) is 15.4. The van der Waals surface area contributed by atoms with Gasteiger partial charge in [0, 0.05) is 64.0 Å². The Morgan fingerprint density at radius 1 is 0.872 bits per heavy atom. The van der Waals surface area contributed by atoms with E-state index in [1.54, 1.807) is 11.1 Å². The van der Waals surface area contributed by atoms with Crippen molar-refractivity contribution in [2.45, 2.75) is 77.3 Å². The number of nitrogens with zero attached hydrogens (tertiary/aromatic N) is 3. The molecular weight excluding hydrogens is 478 g/mol. The summed E-state index contributed by atoms with van der Waals surface area (Å²) in [7, 11) is 0. The fourth-order valence-corrected chi connectivity index (χ4v) is 8.87. The molecule has 1 unspecified atom stereocenters. The minimum absolute atomic E-state index is 0.256. The highest BCUT2D eigenvalue weighted by Crippen LogP contribution is 2.61. The maximum Gasteiger partial charge on any atom is 0.156 e. The van der Waals surface area contributed by atoms with Gasteiger partial charge in [0.15, 0.2) is 5.78 Å². The zero-order valence-corrected chi connectivity index (χ0v) is 23.6. The topological polar surface area (TPSA) is 36.4 Å². The fourth-order valence-electron chi connectivity index (χ4n) is 8.87. The van der Waals surface area contributed by atoms with Crippen molar-refractivity contribution >= 4 is 5.78 Å². The second kappa shape index (κ2) is 10.4. The Morgan fingerprint density at radius 3 is 2.28 bits per heavy atom. The smallest absolute Gasteiger partial charge is 0.156 e. The Balaban J connectivity index is 1.05. The molecule has 7 rings (SSSR count). The molecule has 4 nitrogen and oxygen atoms in total. The Hall–Kier alpha value is -2.56. The molecule has 0 amide bonds. The van der Waals surface area contributed by atoms with Crippen LogP contribution < -0.4 is 0 Å². The van der Waals surface area contributed by atoms with E-state index in [9.17, 15) is 4.79 Å². The lowest BCUT2D eigenvalue weighted by atomic mass is 9.56. The highest BCUT2D eigenvalue weighted by Gasteiger charge is 2.49. The van der Waals surface area contributed by atoms with Gasteiger partial charge in [0.1, 0.15) is 0 Å². The van der Waals surface area contributed by atoms with E-state index in [0.29, 0.717) is 17.6 Å². The normalized spacial score (nSPS) is 31.5. The van der Waals surface area contributed by atoms with Gasteiger partial charge >= 0.3 is 0 Å². The van der Waals surface area contributed by atoms with Gasteiger partial charge in [0.05, 0.1) is 0 Å². The van der Waals surface area contributed by atoms with Crippen molar-refractivity contribution in [3.8, 4) is 0 Å². The predicted octanol–water partition coefficient (Wildman–Crippen LogP) is 6.69. The lowest BCUT2D eigenvalue weighted by Gasteiger charge is -2.48. The number of benzene rings is 1. The van der Waals surface area contributed by atoms with Crippen LogP contribution >= 0.6 is 0 Å². The van der Waals surface area contributed by atoms with E-state index in [-0.39, 0.29) is 5.92 Å². The highest BCUT2D eigenvalue weighted by atomic mass is 16.1. The summed E-state index contributed by atoms with van der Waals surface area (Å²) in [5, 5.41) is 0. The van der Waals surface area contributed by atoms with Crippen LogP contribution in [0, 0.1) is 17.3 Å². The zero-order valence-electron chi connectivity index (χ0n) is 23.6. The van der Waals surface area contributed by atoms with E-state index >= 15 is 0 Å². The minimum atomic E-state index is 0.256. The average molecular weight is 522 g/mol. The monoisotopic (exact) mass is 521 g/mol. The zero-order chi connectivity index (χ0) is 26.4. The van der Waals surface area contributed by atoms with Gasteiger partial charge in [-0.1, -0.05) is 43.2 Å². The fraction of sp³-hybridized carbons (Fsp3) is 0.543. The molecule has 1 aromatic heterocycles. The summed E-state index contributed by atoms with van der Waals surface area (Å²) in [6, 6.07) is 13.6. The van der Waals surface area contributed by atoms with E-state index in [4.69, 9.17) is 0 Å². The number of aromatic nitrogens is 1. The summed E-state index contributed by atoms with van der Waals surface area (Å²) in [5.74, 6) is 2.20. The molecule has 1 aliphatic heterocycles. The van der Waals surface area contributed by atoms with Crippen molar-refractivity contribution in [2.75, 3.05) is 26.2 Å². The van der Waals surface area contributed by atoms with Gasteiger partial charge in [-0.2, -0.15) is 0 Å². The molecule has 4 aliphatic carbocycles. The molecule has 2 aromatic rings. The molecule has 1 aromatic carbocycles. The molecule has 3 fully saturated rings. The molecule has 1 saturated heterocycles. The second-order valence-corrected chi connectivity index (χ2v) is 13.3. The Kier molecular flexibility index (Phi) is 6.81. The van der Waals surface area contributed by atoms with Crippen molar-refractivity contribution in [1.82, 2.24) is 14.8 Å². The molecule has 39 heavy (non-hydrogen) atoms. The second-order valence-electron chi connectivity index (χ2n) is 13.3. The molecule has 0 N–H and O–H groups in total. The van der Waals surface area contributed by atoms with Gasteiger partial charge in [-0.05, 0) is 102 Å². The van der Waals surface area contributed by atoms with Crippen LogP contribution in [0.5, 0.6) is 0 Å². The number of ketones is 1. The molecule has 2 saturated carbocycles. The molecule has 0 bridgehead atoms. The number of pyridine rings is 1. The molecule has 204 valence electrons. The molecule has 0 spiro atoms. The van der Waals surface area contributed by atoms with Crippen molar-refractivity contribution in [3.63, 3.8) is 0 Å². The number of carbonyl (C=O) groups is 1. The van der Waals surface area contributed by atoms with Gasteiger partial charge in [-0.3, -0.25) is 19.6 Å². The maximum atomic E-state index is 12.9. The van der Waals surface area contributed by atoms with Crippen LogP contribution in [0.25, 0.3) is 0 Å². The standard InChI is InChI=1S/C35H43N3O/c1-35-13-2-3-33(35)30-9-8-28-21-29(39)22-32(34(28)31(30)10-14-35)27-6-4-25(5-7-27)23-37-17-19-38(20-18-37)24-26-11-15-36-16-12-26/h4-7,11-12,15-16,21,30,32-33H,2-3,8-10,13-14,17-20,22-24H2,1H3/t30-,32?,33+,35+/m1/s1. The van der Waals surface area contributed by atoms with Crippen LogP contribution in [-0.4, -0.2) is 46.7 Å². The van der Waals surface area contributed by atoms with Crippen LogP contribution in [0.3, 0.4) is 0 Å². The summed E-state index contributed by atoms with van der Waals surface area (Å²) >= 11 is 0. The summed E-state index contributed by atoms with van der Waals surface area (Å²) in [6.45, 7) is 9.02. The summed E-state index contributed by atoms with van der Waals surface area (Å²) in [4.78, 5) is 22.1. The third-order valence-electron chi connectivity index (χ3n) is 11.0. The molecule has 4 atom stereocenters. The molecule has 4 heteroatoms. The van der Waals surface area contributed by atoms with E-state index in [1.807, 2.05) is 18.5 Å². The number of hydrogen-bond donors (Lipinski definition) is 0. The molecule has 0 radical (unpaired) electrons. The van der Waals surface area contributed by atoms with Crippen LogP contribution in [0.4, 0.5) is 0 Å². The first-order chi connectivity index (χ1) is 19.1. The largest absolute Gasteiger partial charge is 0.297 e. The van der Waals surface area contributed by atoms with E-state index in [0.717, 1.165) is 57.5 Å². The highest BCUT2D eigenvalue weighted by molar-refractivity contribution is 5.94. The van der Waals surface area contributed by atoms with Gasteiger partial charge in [-0.15, -0.1) is 0 Å². The average Bonchev–Trinajstić information content (AvgIpc) is 3.36. The van der Waals surface area contributed by atoms with Gasteiger partial charge < -0.3 is 0 Å². The van der Waals surface area contributed by atoms with Gasteiger partial charge in [0.25, 0.3) is 0 Å². The first-order valence-electron chi connectivity index (χ1n) is 15.4. The van der Waals surface area contributed by atoms with Crippen LogP contribution in [-0.2, 0) is 17.9 Å². The number of hydrogen-bond acceptors (Lipinski definition) is 4. The summed E-state index contributed by atoms with van der Waals surface area (Å²) < 4.78 is 0. The van der Waals surface area contributed by atoms with Crippen LogP contribution in [0.1, 0.15) is 80.9 Å². The lowest BCUT2D eigenvalue weighted by molar-refractivity contribution is -0.115. The molecule has 5 aliphatic rings. The number of piperazine rings is 1. The maximum absolute atomic E-state index is 12.9. The first kappa shape index (κ1) is 25.4. The van der Waals surface area contributed by atoms with Crippen LogP contribution in [0.15, 0.2) is 71.6 Å². The van der Waals surface area contributed by atoms with Crippen molar-refractivity contribution in [3.05, 3.63) is 88.3 Å². The SMILES string of the molecule is C[C@@]12CCC[C@H]1[C@@H]1CCC3=CC(=O)CC(c4ccc(CN5CCN(Cc6ccncc6)CC5)cc4)C3=C1CC2. The number of rotatable bonds is 5. The predicted molar refractivity (Wildman–Crippen MR) is 156 cm³/mol. The van der Waals surface area contributed by atoms with Gasteiger partial charge in [-0.25, -0.2) is 0 Å². The number of fused-ring (bicyclic) bond motifs is 4. The quantitative estimate of drug-likeness (QED) is 0.439. The summed E-state index contributed by atoms with van der Waals surface area (Å²) in [5.41, 5.74) is 9.33. The molecule has 2 heterocycles. The van der Waals surface area contributed by atoms with Crippen LogP contribution in [0.2, 0.25) is 0 Å². The van der Waals surface area contributed by atoms with E-state index in [2.05, 4.69) is 58.1 Å². The van der Waals surface area contributed by atoms with E-state index < -0.39 is 0 Å². The van der Waals surface area contributed by atoms with Gasteiger partial charge in [0.2, 0.25) is 0 Å². The third kappa shape index (κ3) is 4.95. The van der Waals surface area contributed by atoms with Crippen molar-refractivity contribution < 1.29 is 4.79 Å². The Bertz CT molecular complexity index is 1270. The minimum Gasteiger partial charge on any atom is -0.297 e. The van der Waals surface area contributed by atoms with Crippen molar-refractivity contribution in [1.29, 1.82) is 0 Å². The third-order valence-corrected chi connectivity index (χ3v) is 11.0. The Morgan fingerprint density at radius 2 is 1.56 bits per heavy atom. The number of carbonyl (C=O) groups excluding carboxylic acids is 1. The lowest BCUT2D eigenvalue weighted by Crippen LogP contribution is -2.45.